The Morgan fingerprint density at radius 3 is 2.21 bits per heavy atom. The molecule has 8 N–H and O–H groups in total. The number of allylic oxidation sites excluding steroid dienone is 6. The number of unbranched alkanes of at least 4 members (excludes halogenated alkanes) is 2. The number of carbonyl (C=O) groups excluding carboxylic acids is 7. The third-order valence-electron chi connectivity index (χ3n) is 25.5. The van der Waals surface area contributed by atoms with Gasteiger partial charge in [-0.2, -0.15) is 5.10 Å². The Bertz CT molecular complexity index is 4860. The van der Waals surface area contributed by atoms with Crippen LogP contribution < -0.4 is 16.8 Å². The molecule has 4 aromatic heterocycles. The Kier molecular flexibility index (Phi) is 43.9. The minimum absolute atomic E-state index is 0.0175. The highest BCUT2D eigenvalue weighted by molar-refractivity contribution is 6.39. The van der Waals surface area contributed by atoms with Gasteiger partial charge in [0.1, 0.15) is 66.9 Å². The van der Waals surface area contributed by atoms with Gasteiger partial charge in [0.25, 0.3) is 11.7 Å². The lowest BCUT2D eigenvalue weighted by molar-refractivity contribution is -0.265. The average molecular weight is 1870 g/mol. The van der Waals surface area contributed by atoms with Gasteiger partial charge in [-0.05, 0) is 156 Å². The number of H-pyrrole nitrogens is 1. The van der Waals surface area contributed by atoms with Crippen molar-refractivity contribution < 1.29 is 105 Å². The number of nitrogens with zero attached hydrogens (tertiary/aromatic N) is 9. The number of esters is 2. The smallest absolute Gasteiger partial charge is 0.329 e. The highest BCUT2D eigenvalue weighted by Crippen LogP contribution is 2.41. The molecule has 2 amide bonds. The maximum Gasteiger partial charge on any atom is 0.329 e. The number of aryl methyl sites for hydroxylation is 1. The summed E-state index contributed by atoms with van der Waals surface area (Å²) >= 11 is 0. The summed E-state index contributed by atoms with van der Waals surface area (Å²) in [5.41, 5.74) is 19.1. The minimum Gasteiger partial charge on any atom is -0.460 e. The zero-order valence-corrected chi connectivity index (χ0v) is 79.8. The molecule has 0 spiro atoms. The molecule has 6 aromatic rings. The number of nitrogens with one attached hydrogen (secondary N) is 2. The van der Waals surface area contributed by atoms with Crippen molar-refractivity contribution in [2.45, 2.75) is 251 Å². The molecule has 2 saturated heterocycles. The van der Waals surface area contributed by atoms with Gasteiger partial charge in [-0.3, -0.25) is 28.8 Å². The number of fused-ring (bicyclic) bond motifs is 5. The van der Waals surface area contributed by atoms with E-state index in [4.69, 9.17) is 83.4 Å². The number of aliphatic hydroxyl groups is 2. The molecule has 10 rings (SSSR count). The minimum atomic E-state index is -2.48. The lowest BCUT2D eigenvalue weighted by Gasteiger charge is -2.42. The number of anilines is 2. The lowest BCUT2D eigenvalue weighted by Crippen LogP contribution is -2.61. The Morgan fingerprint density at radius 1 is 0.739 bits per heavy atom. The number of piperidine rings is 1. The first kappa shape index (κ1) is 106. The number of rotatable bonds is 44. The van der Waals surface area contributed by atoms with E-state index in [0.29, 0.717) is 202 Å². The molecule has 134 heavy (non-hydrogen) atoms. The number of aromatic nitrogens is 8. The molecule has 3 aliphatic heterocycles. The van der Waals surface area contributed by atoms with Crippen molar-refractivity contribution in [2.24, 2.45) is 40.7 Å². The predicted molar refractivity (Wildman–Crippen MR) is 503 cm³/mol. The Morgan fingerprint density at radius 2 is 1.47 bits per heavy atom. The molecular formula is C99H143N13O22. The summed E-state index contributed by atoms with van der Waals surface area (Å²) in [6.07, 6.45) is 19.2. The van der Waals surface area contributed by atoms with Crippen molar-refractivity contribution in [3.05, 3.63) is 126 Å². The van der Waals surface area contributed by atoms with Crippen LogP contribution in [-0.2, 0) is 115 Å². The van der Waals surface area contributed by atoms with Crippen LogP contribution in [0, 0.1) is 35.5 Å². The molecule has 736 valence electrons. The molecule has 0 radical (unpaired) electrons. The normalized spacial score (nSPS) is 25.9. The van der Waals surface area contributed by atoms with E-state index >= 15 is 4.79 Å². The summed E-state index contributed by atoms with van der Waals surface area (Å²) in [6.45, 7) is 18.0. The van der Waals surface area contributed by atoms with Gasteiger partial charge < -0.3 is 98.6 Å². The summed E-state index contributed by atoms with van der Waals surface area (Å²) in [7, 11) is 4.64. The predicted octanol–water partition coefficient (Wildman–Crippen LogP) is 11.8. The summed E-state index contributed by atoms with van der Waals surface area (Å²) in [4.78, 5) is 116. The number of methoxy groups -OCH3 is 3. The second kappa shape index (κ2) is 55.4. The number of nitrogen functional groups attached to an aromatic ring is 2. The highest BCUT2D eigenvalue weighted by atomic mass is 16.6. The molecule has 35 heteroatoms. The van der Waals surface area contributed by atoms with Crippen LogP contribution in [0.5, 0.6) is 0 Å². The molecule has 2 aromatic carbocycles. The van der Waals surface area contributed by atoms with E-state index in [0.717, 1.165) is 53.4 Å². The van der Waals surface area contributed by atoms with Crippen LogP contribution >= 0.6 is 0 Å². The van der Waals surface area contributed by atoms with Crippen molar-refractivity contribution in [1.29, 1.82) is 0 Å². The topological polar surface area (TPSA) is 450 Å². The first-order valence-corrected chi connectivity index (χ1v) is 47.6. The van der Waals surface area contributed by atoms with E-state index in [-0.39, 0.29) is 106 Å². The molecule has 3 fully saturated rings. The lowest BCUT2D eigenvalue weighted by atomic mass is 9.77. The van der Waals surface area contributed by atoms with Crippen molar-refractivity contribution in [3.8, 4) is 11.4 Å². The van der Waals surface area contributed by atoms with Crippen molar-refractivity contribution in [3.63, 3.8) is 0 Å². The third-order valence-corrected chi connectivity index (χ3v) is 25.5. The van der Waals surface area contributed by atoms with Crippen LogP contribution in [0.2, 0.25) is 0 Å². The van der Waals surface area contributed by atoms with Crippen molar-refractivity contribution in [2.75, 3.05) is 125 Å². The number of carbonyl (C=O) groups is 7. The Balaban J connectivity index is 0.606. The van der Waals surface area contributed by atoms with Gasteiger partial charge in [-0.25, -0.2) is 24.1 Å². The zero-order valence-electron chi connectivity index (χ0n) is 79.8. The van der Waals surface area contributed by atoms with Crippen LogP contribution in [-0.4, -0.2) is 264 Å². The van der Waals surface area contributed by atoms with Crippen LogP contribution in [0.15, 0.2) is 120 Å². The van der Waals surface area contributed by atoms with Gasteiger partial charge in [0.05, 0.1) is 120 Å². The zero-order chi connectivity index (χ0) is 95.9. The molecule has 1 saturated carbocycles. The van der Waals surface area contributed by atoms with Crippen LogP contribution in [0.1, 0.15) is 194 Å². The second-order valence-corrected chi connectivity index (χ2v) is 35.9. The number of nitrogens with two attached hydrogens (primary N) is 2. The number of aliphatic hydroxyl groups excluding tert-OH is 1. The van der Waals surface area contributed by atoms with E-state index in [1.807, 2.05) is 130 Å². The number of cyclic esters (lactones) is 1. The van der Waals surface area contributed by atoms with Gasteiger partial charge in [-0.15, -0.1) is 5.10 Å². The Labute approximate surface area is 786 Å². The third kappa shape index (κ3) is 32.4. The molecule has 1 aliphatic carbocycles. The monoisotopic (exact) mass is 1870 g/mol. The van der Waals surface area contributed by atoms with Gasteiger partial charge in [0.2, 0.25) is 11.7 Å². The number of ketones is 3. The molecule has 15 atom stereocenters. The van der Waals surface area contributed by atoms with E-state index in [1.54, 1.807) is 38.9 Å². The first-order valence-electron chi connectivity index (χ1n) is 47.6. The SMILES string of the molecule is CO[C@H]1C[C@@H]2CC[C@@H](C)[C@@](O)(O2)C(=O)C(=O)N2CCCC[C@H]2C(=O)O[C@H]([C@H](C)C[C@@H]2CC[C@H](n3cc(COC(=O)CCCOCCOCCOCCC(=O)NCCOCCOCCOCCC(=O)CCCCCn4nc(-c5cc6cc(N)ccc6[nH]5)c5c(N)ncnc54)nn3)[C@H](OC)C2)C/C(=N/OCc2ccccc2)[C@H](C)/C=C(\C)[C@@H](O)[C@@H](OC)C(=O)[C@H](C)C[C@H](C)/C=C/C=C/C=C/1C. The van der Waals surface area contributed by atoms with Crippen molar-refractivity contribution in [1.82, 2.24) is 49.9 Å². The van der Waals surface area contributed by atoms with Crippen molar-refractivity contribution >= 4 is 80.3 Å². The quantitative estimate of drug-likeness (QED) is 0.00517. The number of aromatic amines is 1. The number of Topliss-reactive ketones (excluding diaryl/α,β-unsaturated/α-hetero) is 3. The number of benzene rings is 2. The maximum absolute atomic E-state index is 15.3. The van der Waals surface area contributed by atoms with E-state index in [2.05, 4.69) is 30.6 Å². The number of hydrogen-bond donors (Lipinski definition) is 6. The fourth-order valence-corrected chi connectivity index (χ4v) is 17.7. The fourth-order valence-electron chi connectivity index (χ4n) is 17.7. The molecule has 35 nitrogen and oxygen atoms in total. The van der Waals surface area contributed by atoms with Gasteiger partial charge in [0, 0.05) is 120 Å². The highest BCUT2D eigenvalue weighted by Gasteiger charge is 2.53. The summed E-state index contributed by atoms with van der Waals surface area (Å²) in [5, 5.41) is 47.3. The van der Waals surface area contributed by atoms with Gasteiger partial charge in [-0.1, -0.05) is 118 Å². The summed E-state index contributed by atoms with van der Waals surface area (Å²) < 4.78 is 73.8. The standard InChI is InChI=1S/C99H143N13O22/c1-65-23-14-11-15-24-66(2)84(122-8)59-78-33-30-71(7)99(121,134-78)94(118)97(119)110-39-21-19-28-83(110)98(120)133-85(60-80(108-132-62-72-25-16-12-17-26-72)67(3)54-70(6)92(117)93(124-10)91(116)69(5)53-65)68(4)55-73-31-35-82(86(56-73)123-9)112-61-76(106-109-112)63-131-88(115)29-22-41-125-45-49-129-51-47-127-43-37-87(114)102-38-44-128-48-52-130-50-46-126-42-36-77(113)27-18-13-20-40-111-96-89(95(101)103-64-104-96)90(107-111)81-58-74-57-75(100)32-34-79(74)105-81/h11-12,14-17,23-26,32,34,54,57-58,61,64-65,67-69,71,73,78,82-86,92-93,105,117,121H,13,18-22,27-31,33,35-53,55-56,59-60,62-63,100H2,1-10H3,(H,102,114)(H2,101,103,104)/b15-11+,23-14+,66-24+,70-54+,108-80-/t65-,67-,68-,69-,71-,73+,78+,82+,83+,84+,85+,86-,92-,93+,99-/m1/s1. The molecule has 0 unspecified atom stereocenters. The molecule has 4 aliphatic rings. The number of hydrogen-bond acceptors (Lipinski definition) is 30. The number of ether oxygens (including phenoxy) is 12. The molecule has 7 heterocycles. The second-order valence-electron chi connectivity index (χ2n) is 35.9. The van der Waals surface area contributed by atoms with Gasteiger partial charge in [0.15, 0.2) is 11.4 Å². The summed E-state index contributed by atoms with van der Waals surface area (Å²) in [5.74, 6) is -7.88. The van der Waals surface area contributed by atoms with Crippen LogP contribution in [0.3, 0.4) is 0 Å². The van der Waals surface area contributed by atoms with Crippen LogP contribution in [0.25, 0.3) is 33.3 Å². The summed E-state index contributed by atoms with van der Waals surface area (Å²) in [6, 6.07) is 15.8. The first-order chi connectivity index (χ1) is 64.7. The number of amides is 2. The number of oxime groups is 1. The molecule has 2 bridgehead atoms. The molecular weight excluding hydrogens is 1720 g/mol. The van der Waals surface area contributed by atoms with Crippen LogP contribution in [0.4, 0.5) is 11.5 Å². The maximum atomic E-state index is 15.3. The van der Waals surface area contributed by atoms with E-state index in [1.165, 1.54) is 18.3 Å². The Hall–Kier alpha value is -9.89. The average Bonchev–Trinajstić information content (AvgIpc) is 1.26. The largest absolute Gasteiger partial charge is 0.460 e. The fraction of sp³-hybridized carbons (Fsp3) is 0.626. The van der Waals surface area contributed by atoms with E-state index in [9.17, 15) is 39.0 Å². The van der Waals surface area contributed by atoms with E-state index < -0.39 is 83.7 Å². The van der Waals surface area contributed by atoms with Gasteiger partial charge >= 0.3 is 11.9 Å².